The minimum atomic E-state index is -0.581. The van der Waals surface area contributed by atoms with Gasteiger partial charge in [-0.15, -0.1) is 0 Å². The molecule has 1 heterocycles. The molecule has 0 saturated carbocycles. The largest absolute Gasteiger partial charge is 0.393 e. The number of imidazole rings is 1. The van der Waals surface area contributed by atoms with E-state index >= 15 is 0 Å². The Hall–Kier alpha value is -2.90. The van der Waals surface area contributed by atoms with Crippen molar-refractivity contribution in [1.29, 1.82) is 0 Å². The Morgan fingerprint density at radius 1 is 1.48 bits per heavy atom. The molecule has 1 aromatic carbocycles. The number of benzene rings is 1. The van der Waals surface area contributed by atoms with Gasteiger partial charge < -0.3 is 15.6 Å². The highest BCUT2D eigenvalue weighted by atomic mass is 16.6. The molecule has 110 valence electrons. The molecule has 0 aliphatic heterocycles. The first-order chi connectivity index (χ1) is 10.1. The molecule has 21 heavy (non-hydrogen) atoms. The first kappa shape index (κ1) is 14.5. The molecule has 2 aromatic rings. The second kappa shape index (κ2) is 6.51. The van der Waals surface area contributed by atoms with E-state index in [-0.39, 0.29) is 17.3 Å². The first-order valence-electron chi connectivity index (χ1n) is 6.36. The van der Waals surface area contributed by atoms with Crippen molar-refractivity contribution < 1.29 is 9.72 Å². The van der Waals surface area contributed by atoms with E-state index in [0.717, 1.165) is 13.0 Å². The zero-order chi connectivity index (χ0) is 15.2. The van der Waals surface area contributed by atoms with Crippen LogP contribution in [0.1, 0.15) is 16.8 Å². The summed E-state index contributed by atoms with van der Waals surface area (Å²) in [4.78, 5) is 25.9. The van der Waals surface area contributed by atoms with Crippen LogP contribution in [-0.2, 0) is 6.54 Å². The summed E-state index contributed by atoms with van der Waals surface area (Å²) in [5.41, 5.74) is 5.63. The van der Waals surface area contributed by atoms with Gasteiger partial charge >= 0.3 is 0 Å². The number of rotatable bonds is 6. The van der Waals surface area contributed by atoms with E-state index in [2.05, 4.69) is 10.3 Å². The first-order valence-corrected chi connectivity index (χ1v) is 6.36. The summed E-state index contributed by atoms with van der Waals surface area (Å²) in [6.07, 6.45) is 6.00. The van der Waals surface area contributed by atoms with Crippen molar-refractivity contribution in [2.75, 3.05) is 12.3 Å². The SMILES string of the molecule is Nc1cc(C(=O)NCCCn2ccnc2)ccc1[N+](=O)[O-]. The second-order valence-corrected chi connectivity index (χ2v) is 4.44. The molecule has 0 unspecified atom stereocenters. The van der Waals surface area contributed by atoms with Gasteiger partial charge in [0.05, 0.1) is 11.3 Å². The number of amides is 1. The van der Waals surface area contributed by atoms with Crippen LogP contribution in [0.5, 0.6) is 0 Å². The Labute approximate surface area is 120 Å². The Balaban J connectivity index is 1.85. The molecule has 0 aliphatic carbocycles. The van der Waals surface area contributed by atoms with Crippen molar-refractivity contribution in [3.8, 4) is 0 Å². The Bertz CT molecular complexity index is 639. The predicted octanol–water partition coefficient (Wildman–Crippen LogP) is 1.19. The fraction of sp³-hybridized carbons (Fsp3) is 0.231. The molecule has 1 amide bonds. The van der Waals surface area contributed by atoms with Gasteiger partial charge in [0, 0.05) is 37.1 Å². The number of nitrogens with zero attached hydrogens (tertiary/aromatic N) is 3. The lowest BCUT2D eigenvalue weighted by molar-refractivity contribution is -0.383. The van der Waals surface area contributed by atoms with Gasteiger partial charge in [-0.2, -0.15) is 0 Å². The van der Waals surface area contributed by atoms with E-state index in [1.54, 1.807) is 12.5 Å². The smallest absolute Gasteiger partial charge is 0.292 e. The van der Waals surface area contributed by atoms with Crippen molar-refractivity contribution in [1.82, 2.24) is 14.9 Å². The minimum absolute atomic E-state index is 0.0222. The zero-order valence-corrected chi connectivity index (χ0v) is 11.2. The van der Waals surface area contributed by atoms with Gasteiger partial charge in [-0.05, 0) is 18.6 Å². The van der Waals surface area contributed by atoms with E-state index in [0.29, 0.717) is 12.1 Å². The predicted molar refractivity (Wildman–Crippen MR) is 76.7 cm³/mol. The summed E-state index contributed by atoms with van der Waals surface area (Å²) in [6.45, 7) is 1.25. The van der Waals surface area contributed by atoms with Gasteiger partial charge in [0.25, 0.3) is 11.6 Å². The number of hydrogen-bond acceptors (Lipinski definition) is 5. The Morgan fingerprint density at radius 3 is 2.90 bits per heavy atom. The zero-order valence-electron chi connectivity index (χ0n) is 11.2. The number of anilines is 1. The van der Waals surface area contributed by atoms with Crippen LogP contribution in [0.25, 0.3) is 0 Å². The van der Waals surface area contributed by atoms with Gasteiger partial charge in [0.1, 0.15) is 5.69 Å². The average Bonchev–Trinajstić information content (AvgIpc) is 2.96. The Morgan fingerprint density at radius 2 is 2.29 bits per heavy atom. The molecule has 8 nitrogen and oxygen atoms in total. The molecule has 8 heteroatoms. The number of aromatic nitrogens is 2. The van der Waals surface area contributed by atoms with E-state index in [9.17, 15) is 14.9 Å². The van der Waals surface area contributed by atoms with Gasteiger partial charge in [-0.3, -0.25) is 14.9 Å². The van der Waals surface area contributed by atoms with E-state index in [1.165, 1.54) is 18.2 Å². The number of carbonyl (C=O) groups excluding carboxylic acids is 1. The highest BCUT2D eigenvalue weighted by Crippen LogP contribution is 2.21. The maximum Gasteiger partial charge on any atom is 0.292 e. The van der Waals surface area contributed by atoms with Crippen LogP contribution in [0.15, 0.2) is 36.9 Å². The molecule has 0 atom stereocenters. The molecule has 0 aliphatic rings. The van der Waals surface area contributed by atoms with E-state index < -0.39 is 4.92 Å². The average molecular weight is 289 g/mol. The summed E-state index contributed by atoms with van der Waals surface area (Å²) < 4.78 is 1.91. The summed E-state index contributed by atoms with van der Waals surface area (Å²) in [5, 5.41) is 13.4. The molecule has 0 fully saturated rings. The fourth-order valence-electron chi connectivity index (χ4n) is 1.85. The third kappa shape index (κ3) is 3.78. The van der Waals surface area contributed by atoms with E-state index in [4.69, 9.17) is 5.73 Å². The number of nitrogens with one attached hydrogen (secondary N) is 1. The van der Waals surface area contributed by atoms with Gasteiger partial charge in [-0.25, -0.2) is 4.98 Å². The summed E-state index contributed by atoms with van der Waals surface area (Å²) in [7, 11) is 0. The van der Waals surface area contributed by atoms with Gasteiger partial charge in [-0.1, -0.05) is 0 Å². The van der Waals surface area contributed by atoms with Crippen LogP contribution >= 0.6 is 0 Å². The highest BCUT2D eigenvalue weighted by molar-refractivity contribution is 5.95. The van der Waals surface area contributed by atoms with Crippen LogP contribution in [0.2, 0.25) is 0 Å². The maximum atomic E-state index is 11.9. The number of nitrogens with two attached hydrogens (primary N) is 1. The lowest BCUT2D eigenvalue weighted by atomic mass is 10.1. The van der Waals surface area contributed by atoms with Crippen LogP contribution in [0, 0.1) is 10.1 Å². The fourth-order valence-corrected chi connectivity index (χ4v) is 1.85. The molecule has 1 aromatic heterocycles. The Kier molecular flexibility index (Phi) is 4.50. The van der Waals surface area contributed by atoms with Crippen molar-refractivity contribution in [3.05, 3.63) is 52.6 Å². The van der Waals surface area contributed by atoms with Gasteiger partial charge in [0.2, 0.25) is 0 Å². The number of nitrogen functional groups attached to an aromatic ring is 1. The van der Waals surface area contributed by atoms with Crippen molar-refractivity contribution in [2.24, 2.45) is 0 Å². The molecular weight excluding hydrogens is 274 g/mol. The van der Waals surface area contributed by atoms with Crippen molar-refractivity contribution in [3.63, 3.8) is 0 Å². The molecule has 0 radical (unpaired) electrons. The summed E-state index contributed by atoms with van der Waals surface area (Å²) in [5.74, 6) is -0.303. The molecular formula is C13H15N5O3. The molecule has 0 saturated heterocycles. The van der Waals surface area contributed by atoms with Crippen LogP contribution in [-0.4, -0.2) is 26.9 Å². The third-order valence-electron chi connectivity index (χ3n) is 2.92. The molecule has 0 spiro atoms. The van der Waals surface area contributed by atoms with Crippen molar-refractivity contribution in [2.45, 2.75) is 13.0 Å². The number of aryl methyl sites for hydroxylation is 1. The lowest BCUT2D eigenvalue weighted by Gasteiger charge is -2.06. The topological polar surface area (TPSA) is 116 Å². The third-order valence-corrected chi connectivity index (χ3v) is 2.92. The number of carbonyl (C=O) groups is 1. The number of nitro groups is 1. The monoisotopic (exact) mass is 289 g/mol. The normalized spacial score (nSPS) is 10.3. The molecule has 2 rings (SSSR count). The number of nitro benzene ring substituents is 1. The maximum absolute atomic E-state index is 11.9. The van der Waals surface area contributed by atoms with Gasteiger partial charge in [0.15, 0.2) is 0 Å². The minimum Gasteiger partial charge on any atom is -0.393 e. The van der Waals surface area contributed by atoms with Crippen molar-refractivity contribution >= 4 is 17.3 Å². The lowest BCUT2D eigenvalue weighted by Crippen LogP contribution is -2.25. The second-order valence-electron chi connectivity index (χ2n) is 4.44. The van der Waals surface area contributed by atoms with E-state index in [1.807, 2.05) is 10.8 Å². The summed E-state index contributed by atoms with van der Waals surface area (Å²) in [6, 6.07) is 3.93. The van der Waals surface area contributed by atoms with Crippen LogP contribution in [0.4, 0.5) is 11.4 Å². The summed E-state index contributed by atoms with van der Waals surface area (Å²) >= 11 is 0. The highest BCUT2D eigenvalue weighted by Gasteiger charge is 2.14. The quantitative estimate of drug-likeness (QED) is 0.358. The number of hydrogen-bond donors (Lipinski definition) is 2. The van der Waals surface area contributed by atoms with Crippen LogP contribution in [0.3, 0.4) is 0 Å². The molecule has 3 N–H and O–H groups in total. The standard InChI is InChI=1S/C13H15N5O3/c14-11-8-10(2-3-12(11)18(20)21)13(19)16-4-1-6-17-7-5-15-9-17/h2-3,5,7-9H,1,4,6,14H2,(H,16,19). The molecule has 0 bridgehead atoms. The van der Waals surface area contributed by atoms with Crippen LogP contribution < -0.4 is 11.1 Å².